The number of rotatable bonds is 8. The van der Waals surface area contributed by atoms with Crippen LogP contribution >= 0.6 is 0 Å². The van der Waals surface area contributed by atoms with Gasteiger partial charge in [-0.1, -0.05) is 36.4 Å². The van der Waals surface area contributed by atoms with Crippen molar-refractivity contribution in [3.63, 3.8) is 0 Å². The molecule has 34 heavy (non-hydrogen) atoms. The number of aromatic nitrogens is 2. The third kappa shape index (κ3) is 5.78. The van der Waals surface area contributed by atoms with Crippen LogP contribution in [-0.2, 0) is 16.1 Å². The van der Waals surface area contributed by atoms with Crippen LogP contribution in [0.3, 0.4) is 0 Å². The van der Waals surface area contributed by atoms with Gasteiger partial charge in [0.05, 0.1) is 6.61 Å². The van der Waals surface area contributed by atoms with E-state index in [9.17, 15) is 14.0 Å². The number of nitrogens with zero attached hydrogens (tertiary/aromatic N) is 2. The predicted octanol–water partition coefficient (Wildman–Crippen LogP) is 4.93. The fourth-order valence-electron chi connectivity index (χ4n) is 4.61. The van der Waals surface area contributed by atoms with Gasteiger partial charge in [-0.3, -0.25) is 4.79 Å². The molecule has 1 aliphatic rings. The molecular formula is C27H29FN2O4. The van der Waals surface area contributed by atoms with E-state index in [0.29, 0.717) is 35.9 Å². The standard InChI is InChI=1S/C27H29FN2O4/c1-18-7-12-22(24(28)13-18)27-23(21-5-3-2-4-6-21)14-25(31)30(29-27)15-19-8-10-20(11-9-19)16-34-17-26(32)33/h2-7,12-14,19-20H,8-11,15-17H2,1H3,(H,32,33)/t19-,20-. The quantitative estimate of drug-likeness (QED) is 0.511. The summed E-state index contributed by atoms with van der Waals surface area (Å²) in [5, 5.41) is 13.4. The van der Waals surface area contributed by atoms with E-state index in [-0.39, 0.29) is 23.9 Å². The van der Waals surface area contributed by atoms with Crippen LogP contribution in [0.25, 0.3) is 22.4 Å². The molecule has 3 aromatic rings. The number of aryl methyl sites for hydroxylation is 1. The Bertz CT molecular complexity index is 1200. The molecule has 1 saturated carbocycles. The molecule has 7 heteroatoms. The molecule has 0 spiro atoms. The molecule has 6 nitrogen and oxygen atoms in total. The van der Waals surface area contributed by atoms with Crippen molar-refractivity contribution in [2.45, 2.75) is 39.2 Å². The Balaban J connectivity index is 1.57. The first-order valence-electron chi connectivity index (χ1n) is 11.6. The number of hydrogen-bond acceptors (Lipinski definition) is 4. The van der Waals surface area contributed by atoms with Crippen LogP contribution in [-0.4, -0.2) is 34.1 Å². The smallest absolute Gasteiger partial charge is 0.329 e. The largest absolute Gasteiger partial charge is 0.480 e. The molecule has 1 N–H and O–H groups in total. The van der Waals surface area contributed by atoms with Crippen molar-refractivity contribution in [2.24, 2.45) is 11.8 Å². The van der Waals surface area contributed by atoms with E-state index in [1.54, 1.807) is 12.1 Å². The summed E-state index contributed by atoms with van der Waals surface area (Å²) >= 11 is 0. The van der Waals surface area contributed by atoms with Crippen LogP contribution in [0.5, 0.6) is 0 Å². The molecule has 0 aliphatic heterocycles. The van der Waals surface area contributed by atoms with Crippen LogP contribution in [0.2, 0.25) is 0 Å². The summed E-state index contributed by atoms with van der Waals surface area (Å²) in [5.74, 6) is -0.715. The minimum Gasteiger partial charge on any atom is -0.480 e. The number of benzene rings is 2. The molecule has 0 amide bonds. The van der Waals surface area contributed by atoms with E-state index < -0.39 is 5.97 Å². The average Bonchev–Trinajstić information content (AvgIpc) is 2.82. The molecule has 1 aliphatic carbocycles. The second-order valence-corrected chi connectivity index (χ2v) is 9.07. The summed E-state index contributed by atoms with van der Waals surface area (Å²) in [7, 11) is 0. The molecular weight excluding hydrogens is 435 g/mol. The average molecular weight is 465 g/mol. The lowest BCUT2D eigenvalue weighted by Gasteiger charge is -2.28. The highest BCUT2D eigenvalue weighted by Gasteiger charge is 2.24. The lowest BCUT2D eigenvalue weighted by atomic mass is 9.82. The highest BCUT2D eigenvalue weighted by molar-refractivity contribution is 5.80. The van der Waals surface area contributed by atoms with E-state index >= 15 is 0 Å². The monoisotopic (exact) mass is 464 g/mol. The number of carboxylic acids is 1. The fourth-order valence-corrected chi connectivity index (χ4v) is 4.61. The van der Waals surface area contributed by atoms with Gasteiger partial charge in [-0.15, -0.1) is 0 Å². The van der Waals surface area contributed by atoms with E-state index in [4.69, 9.17) is 9.84 Å². The van der Waals surface area contributed by atoms with Crippen LogP contribution in [0.4, 0.5) is 4.39 Å². The summed E-state index contributed by atoms with van der Waals surface area (Å²) in [6.45, 7) is 2.48. The van der Waals surface area contributed by atoms with Crippen LogP contribution in [0.15, 0.2) is 59.4 Å². The van der Waals surface area contributed by atoms with Gasteiger partial charge >= 0.3 is 5.97 Å². The highest BCUT2D eigenvalue weighted by atomic mass is 19.1. The molecule has 1 fully saturated rings. The first kappa shape index (κ1) is 23.8. The number of hydrogen-bond donors (Lipinski definition) is 1. The normalized spacial score (nSPS) is 18.1. The molecule has 4 rings (SSSR count). The highest BCUT2D eigenvalue weighted by Crippen LogP contribution is 2.33. The van der Waals surface area contributed by atoms with Gasteiger partial charge in [0.15, 0.2) is 0 Å². The fraction of sp³-hybridized carbons (Fsp3) is 0.370. The van der Waals surface area contributed by atoms with Crippen molar-refractivity contribution in [2.75, 3.05) is 13.2 Å². The second kappa shape index (κ2) is 10.7. The van der Waals surface area contributed by atoms with Gasteiger partial charge in [0.1, 0.15) is 18.1 Å². The lowest BCUT2D eigenvalue weighted by Crippen LogP contribution is -2.29. The van der Waals surface area contributed by atoms with Gasteiger partial charge in [0.2, 0.25) is 0 Å². The Labute approximate surface area is 198 Å². The summed E-state index contributed by atoms with van der Waals surface area (Å²) in [6.07, 6.45) is 3.65. The molecule has 1 aromatic heterocycles. The minimum absolute atomic E-state index is 0.206. The number of halogens is 1. The van der Waals surface area contributed by atoms with Crippen LogP contribution < -0.4 is 5.56 Å². The zero-order valence-corrected chi connectivity index (χ0v) is 19.2. The van der Waals surface area contributed by atoms with E-state index in [1.165, 1.54) is 10.7 Å². The Morgan fingerprint density at radius 1 is 1.06 bits per heavy atom. The molecule has 1 heterocycles. The molecule has 0 atom stereocenters. The lowest BCUT2D eigenvalue weighted by molar-refractivity contribution is -0.142. The number of carbonyl (C=O) groups is 1. The zero-order valence-electron chi connectivity index (χ0n) is 19.2. The van der Waals surface area contributed by atoms with E-state index in [0.717, 1.165) is 36.8 Å². The maximum Gasteiger partial charge on any atom is 0.329 e. The van der Waals surface area contributed by atoms with Crippen molar-refractivity contribution in [3.8, 4) is 22.4 Å². The molecule has 0 bridgehead atoms. The van der Waals surface area contributed by atoms with Crippen molar-refractivity contribution in [3.05, 3.63) is 76.3 Å². The van der Waals surface area contributed by atoms with E-state index in [1.807, 2.05) is 43.3 Å². The van der Waals surface area contributed by atoms with Crippen LogP contribution in [0, 0.1) is 24.6 Å². The summed E-state index contributed by atoms with van der Waals surface area (Å²) in [6, 6.07) is 16.1. The SMILES string of the molecule is Cc1ccc(-c2nn(C[C@H]3CC[C@H](COCC(=O)O)CC3)c(=O)cc2-c2ccccc2)c(F)c1. The Morgan fingerprint density at radius 3 is 2.44 bits per heavy atom. The van der Waals surface area contributed by atoms with Crippen LogP contribution in [0.1, 0.15) is 31.2 Å². The van der Waals surface area contributed by atoms with E-state index in [2.05, 4.69) is 5.10 Å². The maximum absolute atomic E-state index is 14.9. The summed E-state index contributed by atoms with van der Waals surface area (Å²) in [5.41, 5.74) is 2.87. The van der Waals surface area contributed by atoms with Gasteiger partial charge in [-0.25, -0.2) is 13.9 Å². The minimum atomic E-state index is -0.959. The van der Waals surface area contributed by atoms with Gasteiger partial charge in [-0.05, 0) is 67.7 Å². The van der Waals surface area contributed by atoms with Gasteiger partial charge in [-0.2, -0.15) is 5.10 Å². The third-order valence-electron chi connectivity index (χ3n) is 6.44. The predicted molar refractivity (Wildman–Crippen MR) is 128 cm³/mol. The van der Waals surface area contributed by atoms with Crippen molar-refractivity contribution >= 4 is 5.97 Å². The van der Waals surface area contributed by atoms with Gasteiger partial charge < -0.3 is 9.84 Å². The molecule has 0 saturated heterocycles. The Hall–Kier alpha value is -3.32. The summed E-state index contributed by atoms with van der Waals surface area (Å²) < 4.78 is 21.7. The number of carboxylic acid groups (broad SMARTS) is 1. The molecule has 0 unspecified atom stereocenters. The van der Waals surface area contributed by atoms with Crippen molar-refractivity contribution in [1.82, 2.24) is 9.78 Å². The summed E-state index contributed by atoms with van der Waals surface area (Å²) in [4.78, 5) is 23.6. The topological polar surface area (TPSA) is 81.4 Å². The zero-order chi connectivity index (χ0) is 24.1. The molecule has 178 valence electrons. The number of ether oxygens (including phenoxy) is 1. The van der Waals surface area contributed by atoms with Gasteiger partial charge in [0.25, 0.3) is 5.56 Å². The maximum atomic E-state index is 14.9. The molecule has 0 radical (unpaired) electrons. The number of aliphatic carboxylic acids is 1. The van der Waals surface area contributed by atoms with Crippen molar-refractivity contribution in [1.29, 1.82) is 0 Å². The first-order chi connectivity index (χ1) is 16.4. The molecule has 2 aromatic carbocycles. The Kier molecular flexibility index (Phi) is 7.53. The Morgan fingerprint density at radius 2 is 1.76 bits per heavy atom. The van der Waals surface area contributed by atoms with Crippen molar-refractivity contribution < 1.29 is 19.0 Å². The first-order valence-corrected chi connectivity index (χ1v) is 11.6. The third-order valence-corrected chi connectivity index (χ3v) is 6.44. The second-order valence-electron chi connectivity index (χ2n) is 9.07. The van der Waals surface area contributed by atoms with Gasteiger partial charge in [0, 0.05) is 23.7 Å².